The van der Waals surface area contributed by atoms with Gasteiger partial charge in [-0.2, -0.15) is 0 Å². The van der Waals surface area contributed by atoms with Crippen molar-refractivity contribution in [3.8, 4) is 5.75 Å². The Morgan fingerprint density at radius 3 is 2.38 bits per heavy atom. The predicted octanol–water partition coefficient (Wildman–Crippen LogP) is 3.67. The van der Waals surface area contributed by atoms with Crippen molar-refractivity contribution < 1.29 is 19.1 Å². The van der Waals surface area contributed by atoms with E-state index in [0.29, 0.717) is 17.3 Å². The zero-order valence-electron chi connectivity index (χ0n) is 15.0. The first kappa shape index (κ1) is 19.8. The Morgan fingerprint density at radius 1 is 1.08 bits per heavy atom. The van der Waals surface area contributed by atoms with Gasteiger partial charge in [0.25, 0.3) is 5.91 Å². The minimum atomic E-state index is -1.23. The summed E-state index contributed by atoms with van der Waals surface area (Å²) in [6.07, 6.45) is 0. The van der Waals surface area contributed by atoms with Gasteiger partial charge in [-0.3, -0.25) is 4.79 Å². The van der Waals surface area contributed by atoms with Crippen LogP contribution in [-0.2, 0) is 20.9 Å². The van der Waals surface area contributed by atoms with Crippen molar-refractivity contribution in [3.05, 3.63) is 64.7 Å². The summed E-state index contributed by atoms with van der Waals surface area (Å²) < 4.78 is 10.7. The van der Waals surface area contributed by atoms with Crippen molar-refractivity contribution in [1.82, 2.24) is 5.32 Å². The number of carbonyl (C=O) groups excluding carboxylic acids is 2. The maximum absolute atomic E-state index is 12.2. The Labute approximate surface area is 158 Å². The van der Waals surface area contributed by atoms with Crippen molar-refractivity contribution in [3.63, 3.8) is 0 Å². The van der Waals surface area contributed by atoms with Gasteiger partial charge < -0.3 is 14.8 Å². The third-order valence-electron chi connectivity index (χ3n) is 3.75. The molecule has 26 heavy (non-hydrogen) atoms. The monoisotopic (exact) mass is 375 g/mol. The molecule has 2 rings (SSSR count). The molecular weight excluding hydrogens is 354 g/mol. The average molecular weight is 376 g/mol. The third-order valence-corrected chi connectivity index (χ3v) is 4.00. The molecule has 0 saturated heterocycles. The molecule has 0 unspecified atom stereocenters. The van der Waals surface area contributed by atoms with Gasteiger partial charge in [-0.05, 0) is 56.2 Å². The lowest BCUT2D eigenvalue weighted by Gasteiger charge is -2.24. The van der Waals surface area contributed by atoms with E-state index in [4.69, 9.17) is 21.1 Å². The molecule has 0 aromatic heterocycles. The fourth-order valence-electron chi connectivity index (χ4n) is 2.20. The molecule has 0 fully saturated rings. The fourth-order valence-corrected chi connectivity index (χ4v) is 2.32. The van der Waals surface area contributed by atoms with Crippen LogP contribution in [0.15, 0.2) is 48.5 Å². The third kappa shape index (κ3) is 5.77. The second-order valence-electron chi connectivity index (χ2n) is 6.35. The number of halogens is 1. The molecular formula is C20H22ClNO4. The Hall–Kier alpha value is -2.53. The molecule has 0 radical (unpaired) electrons. The molecule has 1 amide bonds. The molecule has 0 atom stereocenters. The average Bonchev–Trinajstić information content (AvgIpc) is 2.60. The van der Waals surface area contributed by atoms with E-state index in [-0.39, 0.29) is 12.5 Å². The van der Waals surface area contributed by atoms with Crippen LogP contribution in [0.2, 0.25) is 5.02 Å². The van der Waals surface area contributed by atoms with Crippen molar-refractivity contribution in [2.45, 2.75) is 32.9 Å². The Bertz CT molecular complexity index is 772. The number of benzene rings is 2. The molecule has 5 nitrogen and oxygen atoms in total. The Morgan fingerprint density at radius 2 is 1.73 bits per heavy atom. The summed E-state index contributed by atoms with van der Waals surface area (Å²) in [4.78, 5) is 24.1. The van der Waals surface area contributed by atoms with Crippen LogP contribution in [0.5, 0.6) is 5.75 Å². The molecule has 2 aromatic rings. The number of esters is 1. The second-order valence-corrected chi connectivity index (χ2v) is 6.78. The Balaban J connectivity index is 1.81. The maximum atomic E-state index is 12.2. The van der Waals surface area contributed by atoms with Crippen LogP contribution >= 0.6 is 11.6 Å². The van der Waals surface area contributed by atoms with Gasteiger partial charge in [-0.15, -0.1) is 0 Å². The highest BCUT2D eigenvalue weighted by Crippen LogP contribution is 2.21. The maximum Gasteiger partial charge on any atom is 0.350 e. The lowest BCUT2D eigenvalue weighted by atomic mass is 10.1. The van der Waals surface area contributed by atoms with Gasteiger partial charge in [-0.25, -0.2) is 4.79 Å². The normalized spacial score (nSPS) is 10.9. The fraction of sp³-hybridized carbons (Fsp3) is 0.300. The first-order chi connectivity index (χ1) is 12.3. The summed E-state index contributed by atoms with van der Waals surface area (Å²) in [5.41, 5.74) is 0.866. The molecule has 0 aliphatic carbocycles. The van der Waals surface area contributed by atoms with Gasteiger partial charge in [0.15, 0.2) is 12.2 Å². The van der Waals surface area contributed by atoms with E-state index in [1.807, 2.05) is 31.2 Å². The SMILES string of the molecule is Cc1ccccc1CNC(=O)COC(=O)C(C)(C)Oc1ccc(Cl)cc1. The summed E-state index contributed by atoms with van der Waals surface area (Å²) in [6.45, 7) is 5.15. The zero-order valence-corrected chi connectivity index (χ0v) is 15.8. The molecule has 138 valence electrons. The van der Waals surface area contributed by atoms with Crippen molar-refractivity contribution in [2.75, 3.05) is 6.61 Å². The van der Waals surface area contributed by atoms with E-state index >= 15 is 0 Å². The molecule has 0 bridgehead atoms. The van der Waals surface area contributed by atoms with Crippen LogP contribution in [-0.4, -0.2) is 24.1 Å². The highest BCUT2D eigenvalue weighted by atomic mass is 35.5. The number of carbonyl (C=O) groups is 2. The van der Waals surface area contributed by atoms with Gasteiger partial charge in [0.2, 0.25) is 0 Å². The van der Waals surface area contributed by atoms with Crippen LogP contribution in [0.25, 0.3) is 0 Å². The van der Waals surface area contributed by atoms with E-state index in [1.54, 1.807) is 38.1 Å². The molecule has 0 aliphatic rings. The standard InChI is InChI=1S/C20H22ClNO4/c1-14-6-4-5-7-15(14)12-22-18(23)13-25-19(24)20(2,3)26-17-10-8-16(21)9-11-17/h4-11H,12-13H2,1-3H3,(H,22,23). The summed E-state index contributed by atoms with van der Waals surface area (Å²) in [5, 5.41) is 3.30. The van der Waals surface area contributed by atoms with Gasteiger partial charge in [-0.1, -0.05) is 35.9 Å². The molecule has 6 heteroatoms. The zero-order chi connectivity index (χ0) is 19.2. The molecule has 1 N–H and O–H groups in total. The van der Waals surface area contributed by atoms with E-state index in [1.165, 1.54) is 0 Å². The van der Waals surface area contributed by atoms with Crippen molar-refractivity contribution >= 4 is 23.5 Å². The highest BCUT2D eigenvalue weighted by Gasteiger charge is 2.32. The van der Waals surface area contributed by atoms with E-state index in [2.05, 4.69) is 5.32 Å². The number of hydrogen-bond acceptors (Lipinski definition) is 4. The van der Waals surface area contributed by atoms with E-state index in [0.717, 1.165) is 11.1 Å². The van der Waals surface area contributed by atoms with Gasteiger partial charge in [0, 0.05) is 11.6 Å². The van der Waals surface area contributed by atoms with Crippen LogP contribution in [0, 0.1) is 6.92 Å². The largest absolute Gasteiger partial charge is 0.476 e. The smallest absolute Gasteiger partial charge is 0.350 e. The highest BCUT2D eigenvalue weighted by molar-refractivity contribution is 6.30. The predicted molar refractivity (Wildman–Crippen MR) is 100 cm³/mol. The molecule has 0 aliphatic heterocycles. The topological polar surface area (TPSA) is 64.6 Å². The summed E-state index contributed by atoms with van der Waals surface area (Å²) in [5.74, 6) is -0.511. The van der Waals surface area contributed by atoms with Crippen molar-refractivity contribution in [1.29, 1.82) is 0 Å². The minimum Gasteiger partial charge on any atom is -0.476 e. The molecule has 0 spiro atoms. The number of hydrogen-bond donors (Lipinski definition) is 1. The van der Waals surface area contributed by atoms with Crippen LogP contribution in [0.3, 0.4) is 0 Å². The quantitative estimate of drug-likeness (QED) is 0.750. The lowest BCUT2D eigenvalue weighted by Crippen LogP contribution is -2.41. The van der Waals surface area contributed by atoms with Gasteiger partial charge in [0.1, 0.15) is 5.75 Å². The number of ether oxygens (including phenoxy) is 2. The lowest BCUT2D eigenvalue weighted by molar-refractivity contribution is -0.162. The molecule has 0 saturated carbocycles. The van der Waals surface area contributed by atoms with E-state index in [9.17, 15) is 9.59 Å². The first-order valence-electron chi connectivity index (χ1n) is 8.21. The van der Waals surface area contributed by atoms with Crippen LogP contribution in [0.1, 0.15) is 25.0 Å². The number of aryl methyl sites for hydroxylation is 1. The second kappa shape index (κ2) is 8.72. The number of nitrogens with one attached hydrogen (secondary N) is 1. The van der Waals surface area contributed by atoms with Gasteiger partial charge in [0.05, 0.1) is 0 Å². The first-order valence-corrected chi connectivity index (χ1v) is 8.59. The molecule has 2 aromatic carbocycles. The summed E-state index contributed by atoms with van der Waals surface area (Å²) >= 11 is 5.82. The number of amides is 1. The summed E-state index contributed by atoms with van der Waals surface area (Å²) in [7, 11) is 0. The number of rotatable bonds is 7. The van der Waals surface area contributed by atoms with Gasteiger partial charge >= 0.3 is 5.97 Å². The minimum absolute atomic E-state index is 0.363. The van der Waals surface area contributed by atoms with E-state index < -0.39 is 11.6 Å². The van der Waals surface area contributed by atoms with Crippen LogP contribution < -0.4 is 10.1 Å². The Kier molecular flexibility index (Phi) is 6.64. The summed E-state index contributed by atoms with van der Waals surface area (Å²) in [6, 6.07) is 14.4. The molecule has 0 heterocycles. The van der Waals surface area contributed by atoms with Crippen LogP contribution in [0.4, 0.5) is 0 Å². The van der Waals surface area contributed by atoms with Crippen molar-refractivity contribution in [2.24, 2.45) is 0 Å².